The number of rotatable bonds is 4. The van der Waals surface area contributed by atoms with Crippen molar-refractivity contribution in [3.63, 3.8) is 0 Å². The van der Waals surface area contributed by atoms with E-state index in [0.717, 1.165) is 30.2 Å². The fourth-order valence-electron chi connectivity index (χ4n) is 3.24. The Morgan fingerprint density at radius 2 is 1.93 bits per heavy atom. The van der Waals surface area contributed by atoms with E-state index in [4.69, 9.17) is 0 Å². The second kappa shape index (κ2) is 7.96. The zero-order chi connectivity index (χ0) is 18.6. The van der Waals surface area contributed by atoms with E-state index in [9.17, 15) is 9.18 Å². The molecule has 2 aromatic carbocycles. The van der Waals surface area contributed by atoms with Gasteiger partial charge in [0.2, 0.25) is 0 Å². The largest absolute Gasteiger partial charge is 0.380 e. The van der Waals surface area contributed by atoms with E-state index in [2.05, 4.69) is 10.3 Å². The van der Waals surface area contributed by atoms with Gasteiger partial charge >= 0.3 is 0 Å². The number of nitrogens with zero attached hydrogens (tertiary/aromatic N) is 2. The average molecular weight is 381 g/mol. The van der Waals surface area contributed by atoms with E-state index < -0.39 is 0 Å². The van der Waals surface area contributed by atoms with Crippen molar-refractivity contribution in [2.75, 3.05) is 29.9 Å². The maximum absolute atomic E-state index is 13.9. The van der Waals surface area contributed by atoms with Gasteiger partial charge in [0.15, 0.2) is 0 Å². The number of anilines is 1. The van der Waals surface area contributed by atoms with E-state index in [1.807, 2.05) is 47.0 Å². The van der Waals surface area contributed by atoms with Gasteiger partial charge in [-0.1, -0.05) is 30.3 Å². The number of pyridine rings is 1. The number of hydrogen-bond acceptors (Lipinski definition) is 4. The van der Waals surface area contributed by atoms with Crippen LogP contribution in [0.3, 0.4) is 0 Å². The van der Waals surface area contributed by atoms with Gasteiger partial charge in [0.1, 0.15) is 5.82 Å². The number of benzene rings is 2. The quantitative estimate of drug-likeness (QED) is 0.737. The molecule has 27 heavy (non-hydrogen) atoms. The number of amides is 1. The zero-order valence-corrected chi connectivity index (χ0v) is 15.6. The second-order valence-corrected chi connectivity index (χ2v) is 7.68. The molecule has 0 unspecified atom stereocenters. The van der Waals surface area contributed by atoms with E-state index in [-0.39, 0.29) is 11.7 Å². The number of carbonyl (C=O) groups is 1. The number of fused-ring (bicyclic) bond motifs is 1. The Morgan fingerprint density at radius 3 is 2.70 bits per heavy atom. The number of halogens is 1. The van der Waals surface area contributed by atoms with Gasteiger partial charge in [-0.25, -0.2) is 4.39 Å². The van der Waals surface area contributed by atoms with Gasteiger partial charge in [0.05, 0.1) is 16.8 Å². The highest BCUT2D eigenvalue weighted by molar-refractivity contribution is 7.99. The highest BCUT2D eigenvalue weighted by atomic mass is 32.2. The fraction of sp³-hybridized carbons (Fsp3) is 0.238. The Labute approximate surface area is 161 Å². The number of carbonyl (C=O) groups excluding carboxylic acids is 1. The molecule has 4 rings (SSSR count). The topological polar surface area (TPSA) is 45.2 Å². The highest BCUT2D eigenvalue weighted by Crippen LogP contribution is 2.29. The molecule has 0 aliphatic carbocycles. The molecule has 1 aliphatic rings. The molecule has 3 aromatic rings. The lowest BCUT2D eigenvalue weighted by Crippen LogP contribution is -2.38. The Kier molecular flexibility index (Phi) is 5.25. The summed E-state index contributed by atoms with van der Waals surface area (Å²) >= 11 is 1.85. The Balaban J connectivity index is 1.73. The van der Waals surface area contributed by atoms with Crippen LogP contribution in [-0.4, -0.2) is 40.4 Å². The van der Waals surface area contributed by atoms with Crippen LogP contribution in [0, 0.1) is 5.82 Å². The van der Waals surface area contributed by atoms with Crippen LogP contribution in [0.4, 0.5) is 10.1 Å². The first-order valence-electron chi connectivity index (χ1n) is 8.95. The van der Waals surface area contributed by atoms with E-state index >= 15 is 0 Å². The third-order valence-electron chi connectivity index (χ3n) is 4.67. The first-order valence-corrected chi connectivity index (χ1v) is 10.1. The van der Waals surface area contributed by atoms with Crippen LogP contribution in [0.1, 0.15) is 15.9 Å². The monoisotopic (exact) mass is 381 g/mol. The summed E-state index contributed by atoms with van der Waals surface area (Å²) in [6, 6.07) is 14.4. The molecule has 0 saturated carbocycles. The van der Waals surface area contributed by atoms with Crippen molar-refractivity contribution in [2.45, 2.75) is 6.54 Å². The predicted octanol–water partition coefficient (Wildman–Crippen LogP) is 4.18. The van der Waals surface area contributed by atoms with Crippen LogP contribution in [0.2, 0.25) is 0 Å². The van der Waals surface area contributed by atoms with Gasteiger partial charge in [0.25, 0.3) is 5.91 Å². The van der Waals surface area contributed by atoms with Crippen molar-refractivity contribution in [1.82, 2.24) is 9.88 Å². The normalized spacial score (nSPS) is 14.3. The van der Waals surface area contributed by atoms with Crippen molar-refractivity contribution in [2.24, 2.45) is 0 Å². The maximum atomic E-state index is 13.9. The molecule has 2 heterocycles. The number of hydrogen-bond donors (Lipinski definition) is 1. The van der Waals surface area contributed by atoms with E-state index in [0.29, 0.717) is 28.7 Å². The zero-order valence-electron chi connectivity index (χ0n) is 14.8. The lowest BCUT2D eigenvalue weighted by molar-refractivity contribution is 0.0773. The van der Waals surface area contributed by atoms with Gasteiger partial charge < -0.3 is 10.2 Å². The van der Waals surface area contributed by atoms with Crippen LogP contribution in [0.15, 0.2) is 54.7 Å². The second-order valence-electron chi connectivity index (χ2n) is 6.45. The van der Waals surface area contributed by atoms with E-state index in [1.54, 1.807) is 12.3 Å². The smallest absolute Gasteiger partial charge is 0.257 e. The summed E-state index contributed by atoms with van der Waals surface area (Å²) < 4.78 is 13.9. The predicted molar refractivity (Wildman–Crippen MR) is 109 cm³/mol. The molecule has 0 atom stereocenters. The fourth-order valence-corrected chi connectivity index (χ4v) is 4.14. The molecule has 1 saturated heterocycles. The first-order chi connectivity index (χ1) is 13.2. The molecule has 138 valence electrons. The minimum Gasteiger partial charge on any atom is -0.380 e. The third kappa shape index (κ3) is 3.90. The summed E-state index contributed by atoms with van der Waals surface area (Å²) in [5.74, 6) is 1.48. The average Bonchev–Trinajstić information content (AvgIpc) is 2.72. The standard InChI is InChI=1S/C21H20FN3OS/c22-16-6-7-19-17(12-16)20(24-13-15-4-2-1-3-5-15)18(14-23-19)21(26)25-8-10-27-11-9-25/h1-7,12,14H,8-11,13H2,(H,23,24). The summed E-state index contributed by atoms with van der Waals surface area (Å²) in [5, 5.41) is 3.99. The molecular weight excluding hydrogens is 361 g/mol. The molecule has 0 bridgehead atoms. The third-order valence-corrected chi connectivity index (χ3v) is 5.61. The van der Waals surface area contributed by atoms with Crippen molar-refractivity contribution in [3.8, 4) is 0 Å². The maximum Gasteiger partial charge on any atom is 0.257 e. The minimum absolute atomic E-state index is 0.0514. The van der Waals surface area contributed by atoms with Crippen molar-refractivity contribution >= 4 is 34.3 Å². The molecule has 1 amide bonds. The SMILES string of the molecule is O=C(c1cnc2ccc(F)cc2c1NCc1ccccc1)N1CCSCC1. The van der Waals surface area contributed by atoms with Crippen LogP contribution in [0.25, 0.3) is 10.9 Å². The summed E-state index contributed by atoms with van der Waals surface area (Å²) in [7, 11) is 0. The lowest BCUT2D eigenvalue weighted by Gasteiger charge is -2.27. The van der Waals surface area contributed by atoms with Crippen LogP contribution in [-0.2, 0) is 6.54 Å². The minimum atomic E-state index is -0.342. The summed E-state index contributed by atoms with van der Waals surface area (Å²) in [6.45, 7) is 2.00. The summed E-state index contributed by atoms with van der Waals surface area (Å²) in [6.07, 6.45) is 1.61. The van der Waals surface area contributed by atoms with Gasteiger partial charge in [0, 0.05) is 42.7 Å². The molecule has 1 aromatic heterocycles. The molecule has 1 aliphatic heterocycles. The van der Waals surface area contributed by atoms with Gasteiger partial charge in [-0.2, -0.15) is 11.8 Å². The first kappa shape index (κ1) is 17.8. The van der Waals surface area contributed by atoms with Gasteiger partial charge in [-0.05, 0) is 23.8 Å². The molecule has 6 heteroatoms. The summed E-state index contributed by atoms with van der Waals surface area (Å²) in [5.41, 5.74) is 2.90. The van der Waals surface area contributed by atoms with Crippen LogP contribution >= 0.6 is 11.8 Å². The molecule has 1 fully saturated rings. The van der Waals surface area contributed by atoms with Crippen LogP contribution < -0.4 is 5.32 Å². The Hall–Kier alpha value is -2.60. The van der Waals surface area contributed by atoms with Crippen LogP contribution in [0.5, 0.6) is 0 Å². The Morgan fingerprint density at radius 1 is 1.15 bits per heavy atom. The molecule has 0 radical (unpaired) electrons. The number of aromatic nitrogens is 1. The van der Waals surface area contributed by atoms with Crippen molar-refractivity contribution in [1.29, 1.82) is 0 Å². The lowest BCUT2D eigenvalue weighted by atomic mass is 10.1. The number of nitrogens with one attached hydrogen (secondary N) is 1. The molecule has 1 N–H and O–H groups in total. The molecule has 0 spiro atoms. The molecular formula is C21H20FN3OS. The molecule has 4 nitrogen and oxygen atoms in total. The highest BCUT2D eigenvalue weighted by Gasteiger charge is 2.23. The summed E-state index contributed by atoms with van der Waals surface area (Å²) in [4.78, 5) is 19.4. The van der Waals surface area contributed by atoms with Gasteiger partial charge in [-0.3, -0.25) is 9.78 Å². The van der Waals surface area contributed by atoms with Crippen molar-refractivity contribution in [3.05, 3.63) is 71.7 Å². The van der Waals surface area contributed by atoms with Crippen molar-refractivity contribution < 1.29 is 9.18 Å². The van der Waals surface area contributed by atoms with Gasteiger partial charge in [-0.15, -0.1) is 0 Å². The Bertz CT molecular complexity index is 958. The van der Waals surface area contributed by atoms with E-state index in [1.165, 1.54) is 12.1 Å². The number of thioether (sulfide) groups is 1.